The Labute approximate surface area is 104 Å². The molecule has 1 heterocycles. The highest BCUT2D eigenvalue weighted by Crippen LogP contribution is 2.12. The van der Waals surface area contributed by atoms with Crippen molar-refractivity contribution in [3.63, 3.8) is 0 Å². The van der Waals surface area contributed by atoms with Gasteiger partial charge >= 0.3 is 0 Å². The second-order valence-corrected chi connectivity index (χ2v) is 5.24. The van der Waals surface area contributed by atoms with Crippen LogP contribution in [-0.2, 0) is 16.4 Å². The second kappa shape index (κ2) is 5.15. The Kier molecular flexibility index (Phi) is 3.58. The van der Waals surface area contributed by atoms with E-state index in [0.717, 1.165) is 11.5 Å². The summed E-state index contributed by atoms with van der Waals surface area (Å²) in [6.45, 7) is 0.671. The van der Waals surface area contributed by atoms with Gasteiger partial charge in [0.2, 0.25) is 10.0 Å². The zero-order chi connectivity index (χ0) is 13.0. The molecule has 1 aromatic heterocycles. The molecule has 0 radical (unpaired) electrons. The Morgan fingerprint density at radius 3 is 2.56 bits per heavy atom. The number of primary sulfonamides is 1. The van der Waals surface area contributed by atoms with Crippen LogP contribution in [0.25, 0.3) is 0 Å². The van der Waals surface area contributed by atoms with Gasteiger partial charge in [0.05, 0.1) is 4.90 Å². The van der Waals surface area contributed by atoms with E-state index in [1.54, 1.807) is 12.1 Å². The topological polar surface area (TPSA) is 114 Å². The van der Waals surface area contributed by atoms with Crippen LogP contribution < -0.4 is 10.5 Å². The van der Waals surface area contributed by atoms with Gasteiger partial charge in [-0.3, -0.25) is 5.10 Å². The number of benzene rings is 1. The molecule has 2 rings (SSSR count). The third-order valence-corrected chi connectivity index (χ3v) is 3.27. The lowest BCUT2D eigenvalue weighted by Gasteiger charge is -2.05. The highest BCUT2D eigenvalue weighted by molar-refractivity contribution is 7.89. The van der Waals surface area contributed by atoms with E-state index in [1.807, 2.05) is 0 Å². The summed E-state index contributed by atoms with van der Waals surface area (Å²) in [7, 11) is -3.63. The second-order valence-electron chi connectivity index (χ2n) is 3.68. The van der Waals surface area contributed by atoms with Gasteiger partial charge in [-0.15, -0.1) is 0 Å². The summed E-state index contributed by atoms with van der Waals surface area (Å²) in [5, 5.41) is 14.6. The van der Waals surface area contributed by atoms with E-state index < -0.39 is 10.0 Å². The first-order valence-electron chi connectivity index (χ1n) is 5.27. The van der Waals surface area contributed by atoms with Crippen molar-refractivity contribution in [3.8, 4) is 0 Å². The highest BCUT2D eigenvalue weighted by atomic mass is 32.2. The van der Waals surface area contributed by atoms with Crippen LogP contribution in [0.15, 0.2) is 35.5 Å². The first-order valence-corrected chi connectivity index (χ1v) is 6.81. The number of aromatic nitrogens is 3. The largest absolute Gasteiger partial charge is 0.385 e. The molecular formula is C10H13N5O2S. The van der Waals surface area contributed by atoms with Crippen LogP contribution in [-0.4, -0.2) is 30.1 Å². The Morgan fingerprint density at radius 1 is 1.28 bits per heavy atom. The number of nitrogens with two attached hydrogens (primary N) is 1. The van der Waals surface area contributed by atoms with Gasteiger partial charge in [0.1, 0.15) is 12.2 Å². The number of anilines is 1. The maximum atomic E-state index is 11.1. The van der Waals surface area contributed by atoms with Crippen LogP contribution >= 0.6 is 0 Å². The minimum Gasteiger partial charge on any atom is -0.385 e. The third-order valence-electron chi connectivity index (χ3n) is 2.34. The smallest absolute Gasteiger partial charge is 0.238 e. The van der Waals surface area contributed by atoms with Crippen molar-refractivity contribution in [2.45, 2.75) is 11.3 Å². The number of rotatable bonds is 5. The number of hydrogen-bond donors (Lipinski definition) is 3. The van der Waals surface area contributed by atoms with Crippen molar-refractivity contribution >= 4 is 15.7 Å². The summed E-state index contributed by atoms with van der Waals surface area (Å²) in [5.74, 6) is 0.795. The van der Waals surface area contributed by atoms with Gasteiger partial charge in [-0.2, -0.15) is 5.10 Å². The van der Waals surface area contributed by atoms with E-state index in [-0.39, 0.29) is 4.90 Å². The van der Waals surface area contributed by atoms with Crippen molar-refractivity contribution in [3.05, 3.63) is 36.4 Å². The molecule has 0 aliphatic rings. The Balaban J connectivity index is 1.91. The molecule has 8 heteroatoms. The summed E-state index contributed by atoms with van der Waals surface area (Å²) in [6.07, 6.45) is 2.16. The number of nitrogens with one attached hydrogen (secondary N) is 2. The van der Waals surface area contributed by atoms with Gasteiger partial charge in [-0.1, -0.05) is 0 Å². The standard InChI is InChI=1S/C10H13N5O2S/c11-18(16,17)9-3-1-8(2-4-9)12-6-5-10-13-7-14-15-10/h1-4,7,12H,5-6H2,(H2,11,16,17)(H,13,14,15). The fourth-order valence-corrected chi connectivity index (χ4v) is 1.95. The minimum atomic E-state index is -3.63. The van der Waals surface area contributed by atoms with Crippen molar-refractivity contribution < 1.29 is 8.42 Å². The first-order chi connectivity index (χ1) is 8.55. The normalized spacial score (nSPS) is 11.4. The van der Waals surface area contributed by atoms with E-state index >= 15 is 0 Å². The third kappa shape index (κ3) is 3.28. The van der Waals surface area contributed by atoms with Gasteiger partial charge in [-0.25, -0.2) is 18.5 Å². The summed E-state index contributed by atoms with van der Waals surface area (Å²) >= 11 is 0. The van der Waals surface area contributed by atoms with Crippen LogP contribution in [0.3, 0.4) is 0 Å². The lowest BCUT2D eigenvalue weighted by Crippen LogP contribution is -2.12. The number of aromatic amines is 1. The van der Waals surface area contributed by atoms with Crippen molar-refractivity contribution in [1.29, 1.82) is 0 Å². The SMILES string of the molecule is NS(=O)(=O)c1ccc(NCCc2ncn[nH]2)cc1. The zero-order valence-electron chi connectivity index (χ0n) is 9.50. The zero-order valence-corrected chi connectivity index (χ0v) is 10.3. The summed E-state index contributed by atoms with van der Waals surface area (Å²) < 4.78 is 22.1. The molecule has 0 aliphatic heterocycles. The van der Waals surface area contributed by atoms with Gasteiger partial charge in [-0.05, 0) is 24.3 Å². The van der Waals surface area contributed by atoms with E-state index in [4.69, 9.17) is 5.14 Å². The molecule has 0 atom stereocenters. The lowest BCUT2D eigenvalue weighted by atomic mass is 10.3. The summed E-state index contributed by atoms with van der Waals surface area (Å²) in [5.41, 5.74) is 0.821. The average Bonchev–Trinajstić information content (AvgIpc) is 2.82. The minimum absolute atomic E-state index is 0.100. The number of sulfonamides is 1. The van der Waals surface area contributed by atoms with E-state index in [2.05, 4.69) is 20.5 Å². The van der Waals surface area contributed by atoms with Gasteiger partial charge in [0.25, 0.3) is 0 Å². The lowest BCUT2D eigenvalue weighted by molar-refractivity contribution is 0.598. The molecule has 0 unspecified atom stereocenters. The molecule has 0 saturated heterocycles. The molecule has 0 bridgehead atoms. The molecule has 0 fully saturated rings. The predicted octanol–water partition coefficient (Wildman–Crippen LogP) is 0.107. The van der Waals surface area contributed by atoms with Crippen LogP contribution in [0, 0.1) is 0 Å². The molecule has 1 aromatic carbocycles. The molecule has 4 N–H and O–H groups in total. The van der Waals surface area contributed by atoms with E-state index in [9.17, 15) is 8.42 Å². The Bertz CT molecular complexity index is 592. The van der Waals surface area contributed by atoms with Crippen molar-refractivity contribution in [2.24, 2.45) is 5.14 Å². The summed E-state index contributed by atoms with van der Waals surface area (Å²) in [4.78, 5) is 4.09. The number of H-pyrrole nitrogens is 1. The van der Waals surface area contributed by atoms with Gasteiger partial charge in [0.15, 0.2) is 0 Å². The number of hydrogen-bond acceptors (Lipinski definition) is 5. The molecule has 0 aliphatic carbocycles. The fraction of sp³-hybridized carbons (Fsp3) is 0.200. The van der Waals surface area contributed by atoms with E-state index in [0.29, 0.717) is 13.0 Å². The molecule has 0 amide bonds. The van der Waals surface area contributed by atoms with Crippen molar-refractivity contribution in [1.82, 2.24) is 15.2 Å². The van der Waals surface area contributed by atoms with E-state index in [1.165, 1.54) is 18.5 Å². The van der Waals surface area contributed by atoms with Crippen molar-refractivity contribution in [2.75, 3.05) is 11.9 Å². The van der Waals surface area contributed by atoms with Crippen LogP contribution in [0.2, 0.25) is 0 Å². The molecule has 0 spiro atoms. The Hall–Kier alpha value is -1.93. The summed E-state index contributed by atoms with van der Waals surface area (Å²) in [6, 6.07) is 6.26. The maximum Gasteiger partial charge on any atom is 0.238 e. The monoisotopic (exact) mass is 267 g/mol. The molecule has 7 nitrogen and oxygen atoms in total. The maximum absolute atomic E-state index is 11.1. The molecule has 2 aromatic rings. The predicted molar refractivity (Wildman–Crippen MR) is 66.4 cm³/mol. The highest BCUT2D eigenvalue weighted by Gasteiger charge is 2.06. The number of nitrogens with zero attached hydrogens (tertiary/aromatic N) is 2. The quantitative estimate of drug-likeness (QED) is 0.711. The van der Waals surface area contributed by atoms with Gasteiger partial charge in [0, 0.05) is 18.7 Å². The molecule has 0 saturated carbocycles. The average molecular weight is 267 g/mol. The van der Waals surface area contributed by atoms with Crippen LogP contribution in [0.4, 0.5) is 5.69 Å². The van der Waals surface area contributed by atoms with Crippen LogP contribution in [0.5, 0.6) is 0 Å². The van der Waals surface area contributed by atoms with Crippen LogP contribution in [0.1, 0.15) is 5.82 Å². The van der Waals surface area contributed by atoms with Gasteiger partial charge < -0.3 is 5.32 Å². The first kappa shape index (κ1) is 12.5. The fourth-order valence-electron chi connectivity index (χ4n) is 1.44. The molecule has 96 valence electrons. The molecule has 18 heavy (non-hydrogen) atoms. The molecular weight excluding hydrogens is 254 g/mol. The Morgan fingerprint density at radius 2 is 2.00 bits per heavy atom.